The van der Waals surface area contributed by atoms with E-state index in [2.05, 4.69) is 10.3 Å². The second-order valence-corrected chi connectivity index (χ2v) is 5.37. The molecule has 0 aliphatic rings. The molecule has 2 aromatic heterocycles. The van der Waals surface area contributed by atoms with Crippen LogP contribution in [-0.4, -0.2) is 21.9 Å². The van der Waals surface area contributed by atoms with E-state index in [4.69, 9.17) is 5.73 Å². The summed E-state index contributed by atoms with van der Waals surface area (Å²) in [6, 6.07) is 3.00. The summed E-state index contributed by atoms with van der Waals surface area (Å²) in [7, 11) is 0. The van der Waals surface area contributed by atoms with Crippen LogP contribution in [0.3, 0.4) is 0 Å². The Bertz CT molecular complexity index is 657. The number of anilines is 1. The Kier molecular flexibility index (Phi) is 4.49. The van der Waals surface area contributed by atoms with E-state index in [-0.39, 0.29) is 23.1 Å². The fraction of sp³-hybridized carbons (Fsp3) is 0.231. The van der Waals surface area contributed by atoms with Crippen LogP contribution in [0.2, 0.25) is 0 Å². The molecule has 0 spiro atoms. The van der Waals surface area contributed by atoms with E-state index in [0.29, 0.717) is 6.42 Å². The van der Waals surface area contributed by atoms with Gasteiger partial charge in [0.15, 0.2) is 0 Å². The van der Waals surface area contributed by atoms with Gasteiger partial charge in [0.05, 0.1) is 10.5 Å². The molecule has 8 heteroatoms. The number of nitrogens with zero attached hydrogens (tertiary/aromatic N) is 2. The van der Waals surface area contributed by atoms with Gasteiger partial charge < -0.3 is 11.1 Å². The molecule has 0 saturated heterocycles. The van der Waals surface area contributed by atoms with Gasteiger partial charge in [0.1, 0.15) is 12.0 Å². The van der Waals surface area contributed by atoms with Crippen molar-refractivity contribution in [1.29, 1.82) is 0 Å². The molecule has 0 radical (unpaired) electrons. The number of thiophene rings is 1. The van der Waals surface area contributed by atoms with Crippen molar-refractivity contribution in [3.05, 3.63) is 50.3 Å². The van der Waals surface area contributed by atoms with E-state index >= 15 is 0 Å². The van der Waals surface area contributed by atoms with E-state index < -0.39 is 10.8 Å². The maximum atomic E-state index is 12.1. The molecule has 0 aliphatic heterocycles. The smallest absolute Gasteiger partial charge is 0.288 e. The summed E-state index contributed by atoms with van der Waals surface area (Å²) in [4.78, 5) is 25.9. The highest BCUT2D eigenvalue weighted by Crippen LogP contribution is 2.17. The maximum Gasteiger partial charge on any atom is 0.288 e. The van der Waals surface area contributed by atoms with Crippen molar-refractivity contribution in [3.63, 3.8) is 0 Å². The molecule has 1 atom stereocenters. The molecule has 110 valence electrons. The lowest BCUT2D eigenvalue weighted by Gasteiger charge is -2.13. The number of nitrogen functional groups attached to an aromatic ring is 1. The summed E-state index contributed by atoms with van der Waals surface area (Å²) in [6.07, 6.45) is 1.71. The van der Waals surface area contributed by atoms with Crippen LogP contribution in [0.5, 0.6) is 0 Å². The van der Waals surface area contributed by atoms with Gasteiger partial charge in [0.2, 0.25) is 0 Å². The molecule has 1 unspecified atom stereocenters. The molecule has 2 rings (SSSR count). The molecule has 0 aromatic carbocycles. The lowest BCUT2D eigenvalue weighted by Crippen LogP contribution is -2.34. The first-order valence-corrected chi connectivity index (χ1v) is 7.13. The normalized spacial score (nSPS) is 11.9. The molecule has 0 saturated carbocycles. The number of nitrogens with one attached hydrogen (secondary N) is 1. The van der Waals surface area contributed by atoms with Crippen LogP contribution < -0.4 is 11.1 Å². The number of nitro groups is 1. The predicted molar refractivity (Wildman–Crippen MR) is 80.3 cm³/mol. The van der Waals surface area contributed by atoms with Gasteiger partial charge in [-0.05, 0) is 35.7 Å². The summed E-state index contributed by atoms with van der Waals surface area (Å²) in [5, 5.41) is 17.5. The zero-order valence-electron chi connectivity index (χ0n) is 11.3. The molecule has 7 nitrogen and oxygen atoms in total. The standard InChI is InChI=1S/C13H14N4O3S/c1-8(4-9-2-3-21-7-9)16-13(18)11-5-10(17(19)20)6-15-12(11)14/h2-3,5-8H,4H2,1H3,(H2,14,15)(H,16,18). The lowest BCUT2D eigenvalue weighted by molar-refractivity contribution is -0.385. The number of hydrogen-bond donors (Lipinski definition) is 2. The summed E-state index contributed by atoms with van der Waals surface area (Å²) >= 11 is 1.59. The molecule has 0 fully saturated rings. The van der Waals surface area contributed by atoms with E-state index in [9.17, 15) is 14.9 Å². The average Bonchev–Trinajstić information content (AvgIpc) is 2.91. The van der Waals surface area contributed by atoms with Crippen molar-refractivity contribution in [2.45, 2.75) is 19.4 Å². The molecule has 2 heterocycles. The van der Waals surface area contributed by atoms with Crippen molar-refractivity contribution < 1.29 is 9.72 Å². The SMILES string of the molecule is CC(Cc1ccsc1)NC(=O)c1cc([N+](=O)[O-])cnc1N. The lowest BCUT2D eigenvalue weighted by atomic mass is 10.1. The Morgan fingerprint density at radius 3 is 3.00 bits per heavy atom. The molecular weight excluding hydrogens is 292 g/mol. The quantitative estimate of drug-likeness (QED) is 0.648. The Hall–Kier alpha value is -2.48. The number of rotatable bonds is 5. The second-order valence-electron chi connectivity index (χ2n) is 4.59. The number of carbonyl (C=O) groups excluding carboxylic acids is 1. The number of amides is 1. The van der Waals surface area contributed by atoms with E-state index in [0.717, 1.165) is 17.8 Å². The number of pyridine rings is 1. The summed E-state index contributed by atoms with van der Waals surface area (Å²) in [5.74, 6) is -0.493. The van der Waals surface area contributed by atoms with Crippen molar-refractivity contribution in [1.82, 2.24) is 10.3 Å². The van der Waals surface area contributed by atoms with Gasteiger partial charge in [-0.1, -0.05) is 0 Å². The minimum Gasteiger partial charge on any atom is -0.383 e. The van der Waals surface area contributed by atoms with Crippen molar-refractivity contribution >= 4 is 28.7 Å². The minimum absolute atomic E-state index is 0.0152. The third kappa shape index (κ3) is 3.76. The third-order valence-electron chi connectivity index (χ3n) is 2.86. The predicted octanol–water partition coefficient (Wildman–Crippen LogP) is 1.99. The van der Waals surface area contributed by atoms with Gasteiger partial charge in [-0.2, -0.15) is 11.3 Å². The van der Waals surface area contributed by atoms with Gasteiger partial charge in [-0.15, -0.1) is 0 Å². The fourth-order valence-electron chi connectivity index (χ4n) is 1.86. The van der Waals surface area contributed by atoms with Crippen LogP contribution in [0.25, 0.3) is 0 Å². The average molecular weight is 306 g/mol. The van der Waals surface area contributed by atoms with Gasteiger partial charge >= 0.3 is 0 Å². The Morgan fingerprint density at radius 2 is 2.38 bits per heavy atom. The first-order valence-electron chi connectivity index (χ1n) is 6.19. The highest BCUT2D eigenvalue weighted by atomic mass is 32.1. The zero-order valence-corrected chi connectivity index (χ0v) is 12.1. The summed E-state index contributed by atoms with van der Waals surface area (Å²) in [6.45, 7) is 1.86. The van der Waals surface area contributed by atoms with Crippen molar-refractivity contribution in [2.24, 2.45) is 0 Å². The fourth-order valence-corrected chi connectivity index (χ4v) is 2.54. The highest BCUT2D eigenvalue weighted by molar-refractivity contribution is 7.07. The van der Waals surface area contributed by atoms with Gasteiger partial charge in [0, 0.05) is 12.1 Å². The van der Waals surface area contributed by atoms with Gasteiger partial charge in [-0.25, -0.2) is 4.98 Å². The first-order chi connectivity index (χ1) is 9.97. The minimum atomic E-state index is -0.613. The number of carbonyl (C=O) groups is 1. The molecular formula is C13H14N4O3S. The summed E-state index contributed by atoms with van der Waals surface area (Å²) < 4.78 is 0. The molecule has 0 aliphatic carbocycles. The van der Waals surface area contributed by atoms with Crippen LogP contribution in [0, 0.1) is 10.1 Å². The molecule has 0 bridgehead atoms. The van der Waals surface area contributed by atoms with Crippen molar-refractivity contribution in [2.75, 3.05) is 5.73 Å². The van der Waals surface area contributed by atoms with Crippen LogP contribution in [0.15, 0.2) is 29.1 Å². The number of nitrogens with two attached hydrogens (primary N) is 1. The number of hydrogen-bond acceptors (Lipinski definition) is 6. The topological polar surface area (TPSA) is 111 Å². The molecule has 2 aromatic rings. The van der Waals surface area contributed by atoms with Gasteiger partial charge in [-0.3, -0.25) is 14.9 Å². The molecule has 1 amide bonds. The monoisotopic (exact) mass is 306 g/mol. The Balaban J connectivity index is 2.09. The number of aromatic nitrogens is 1. The Morgan fingerprint density at radius 1 is 1.62 bits per heavy atom. The van der Waals surface area contributed by atoms with E-state index in [1.807, 2.05) is 23.8 Å². The van der Waals surface area contributed by atoms with Crippen LogP contribution in [0.1, 0.15) is 22.8 Å². The summed E-state index contributed by atoms with van der Waals surface area (Å²) in [5.41, 5.74) is 6.48. The molecule has 3 N–H and O–H groups in total. The van der Waals surface area contributed by atoms with Crippen LogP contribution in [-0.2, 0) is 6.42 Å². The first kappa shape index (κ1) is 14.9. The largest absolute Gasteiger partial charge is 0.383 e. The maximum absolute atomic E-state index is 12.1. The molecule has 21 heavy (non-hydrogen) atoms. The van der Waals surface area contributed by atoms with Crippen molar-refractivity contribution in [3.8, 4) is 0 Å². The van der Waals surface area contributed by atoms with Gasteiger partial charge in [0.25, 0.3) is 11.6 Å². The van der Waals surface area contributed by atoms with E-state index in [1.165, 1.54) is 0 Å². The van der Waals surface area contributed by atoms with E-state index in [1.54, 1.807) is 11.3 Å². The second kappa shape index (κ2) is 6.31. The van der Waals surface area contributed by atoms with Crippen LogP contribution >= 0.6 is 11.3 Å². The zero-order chi connectivity index (χ0) is 15.4. The van der Waals surface area contributed by atoms with Crippen LogP contribution in [0.4, 0.5) is 11.5 Å². The highest BCUT2D eigenvalue weighted by Gasteiger charge is 2.18. The Labute approximate surface area is 125 Å². The third-order valence-corrected chi connectivity index (χ3v) is 3.59.